The summed E-state index contributed by atoms with van der Waals surface area (Å²) >= 11 is 0. The first-order valence-electron chi connectivity index (χ1n) is 9.00. The van der Waals surface area contributed by atoms with Gasteiger partial charge in [0.25, 0.3) is 0 Å². The molecular weight excluding hydrogens is 376 g/mol. The average molecular weight is 394 g/mol. The lowest BCUT2D eigenvalue weighted by Crippen LogP contribution is -2.63. The van der Waals surface area contributed by atoms with Crippen molar-refractivity contribution >= 4 is 11.8 Å². The molecular formula is C19H18F4N4O. The van der Waals surface area contributed by atoms with Gasteiger partial charge in [0, 0.05) is 35.6 Å². The predicted molar refractivity (Wildman–Crippen MR) is 93.9 cm³/mol. The molecule has 5 nitrogen and oxygen atoms in total. The molecule has 2 bridgehead atoms. The summed E-state index contributed by atoms with van der Waals surface area (Å²) in [7, 11) is 0. The minimum atomic E-state index is -4.68. The Bertz CT molecular complexity index is 905. The largest absolute Gasteiger partial charge is 0.418 e. The first-order valence-corrected chi connectivity index (χ1v) is 9.00. The molecule has 0 aromatic carbocycles. The van der Waals surface area contributed by atoms with E-state index < -0.39 is 17.6 Å². The van der Waals surface area contributed by atoms with Crippen LogP contribution < -0.4 is 5.32 Å². The molecule has 4 heterocycles. The monoisotopic (exact) mass is 394 g/mol. The summed E-state index contributed by atoms with van der Waals surface area (Å²) < 4.78 is 53.6. The van der Waals surface area contributed by atoms with Gasteiger partial charge < -0.3 is 4.90 Å². The molecule has 2 aromatic heterocycles. The van der Waals surface area contributed by atoms with Crippen LogP contribution in [0.5, 0.6) is 0 Å². The van der Waals surface area contributed by atoms with E-state index in [2.05, 4.69) is 22.2 Å². The Morgan fingerprint density at radius 3 is 2.50 bits per heavy atom. The smallest absolute Gasteiger partial charge is 0.318 e. The maximum atomic E-state index is 13.5. The fraction of sp³-hybridized carbons (Fsp3) is 0.421. The van der Waals surface area contributed by atoms with Crippen molar-refractivity contribution < 1.29 is 22.4 Å². The number of hydrogen-bond acceptors (Lipinski definition) is 3. The second kappa shape index (κ2) is 6.72. The van der Waals surface area contributed by atoms with Gasteiger partial charge in [-0.15, -0.1) is 0 Å². The molecule has 1 saturated carbocycles. The lowest BCUT2D eigenvalue weighted by atomic mass is 9.74. The lowest BCUT2D eigenvalue weighted by molar-refractivity contribution is -0.137. The molecule has 1 N–H and O–H groups in total. The Hall–Kier alpha value is -2.71. The number of halogens is 4. The molecule has 1 aliphatic carbocycles. The SMILES string of the molecule is CC1CC2C[C@@H](C1)N2C(=O)Nc1cc(-c2cncc(F)c2)c(C(F)(F)F)cn1. The van der Waals surface area contributed by atoms with Crippen molar-refractivity contribution in [3.8, 4) is 11.1 Å². The molecule has 3 fully saturated rings. The summed E-state index contributed by atoms with van der Waals surface area (Å²) in [5.74, 6) is -0.213. The topological polar surface area (TPSA) is 58.1 Å². The number of urea groups is 1. The van der Waals surface area contributed by atoms with Crippen molar-refractivity contribution in [2.75, 3.05) is 5.32 Å². The van der Waals surface area contributed by atoms with Crippen LogP contribution in [0, 0.1) is 11.7 Å². The van der Waals surface area contributed by atoms with Crippen LogP contribution in [0.25, 0.3) is 11.1 Å². The van der Waals surface area contributed by atoms with E-state index in [0.717, 1.165) is 43.8 Å². The van der Waals surface area contributed by atoms with Gasteiger partial charge in [-0.1, -0.05) is 6.92 Å². The number of anilines is 1. The van der Waals surface area contributed by atoms with Crippen LogP contribution in [0.3, 0.4) is 0 Å². The Morgan fingerprint density at radius 1 is 1.14 bits per heavy atom. The van der Waals surface area contributed by atoms with Gasteiger partial charge in [-0.2, -0.15) is 13.2 Å². The molecule has 2 saturated heterocycles. The highest BCUT2D eigenvalue weighted by molar-refractivity contribution is 5.90. The summed E-state index contributed by atoms with van der Waals surface area (Å²) in [6.07, 6.45) is 0.814. The molecule has 2 aliphatic heterocycles. The molecule has 2 amide bonds. The van der Waals surface area contributed by atoms with Crippen molar-refractivity contribution in [1.29, 1.82) is 0 Å². The predicted octanol–water partition coefficient (Wildman–Crippen LogP) is 4.71. The quantitative estimate of drug-likeness (QED) is 0.751. The van der Waals surface area contributed by atoms with Gasteiger partial charge in [0.15, 0.2) is 0 Å². The molecule has 2 aromatic rings. The molecule has 3 atom stereocenters. The highest BCUT2D eigenvalue weighted by atomic mass is 19.4. The Kier molecular flexibility index (Phi) is 4.47. The Balaban J connectivity index is 1.62. The van der Waals surface area contributed by atoms with E-state index in [-0.39, 0.29) is 35.1 Å². The Labute approximate surface area is 158 Å². The Morgan fingerprint density at radius 2 is 1.86 bits per heavy atom. The first kappa shape index (κ1) is 18.6. The van der Waals surface area contributed by atoms with Crippen LogP contribution in [0.1, 0.15) is 31.7 Å². The zero-order chi connectivity index (χ0) is 20.1. The minimum absolute atomic E-state index is 0.0183. The number of fused-ring (bicyclic) bond motifs is 2. The van der Waals surface area contributed by atoms with Gasteiger partial charge in [-0.25, -0.2) is 14.2 Å². The number of rotatable bonds is 2. The summed E-state index contributed by atoms with van der Waals surface area (Å²) in [6, 6.07) is 2.02. The number of aromatic nitrogens is 2. The lowest BCUT2D eigenvalue weighted by Gasteiger charge is -2.54. The van der Waals surface area contributed by atoms with Crippen LogP contribution in [0.15, 0.2) is 30.7 Å². The standard InChI is InChI=1S/C19H18F4N4O/c1-10-2-13-5-14(3-10)27(13)18(28)26-17-6-15(11-4-12(20)8-24-7-11)16(9-25-17)19(21,22)23/h4,6-10,13-14H,2-3,5H2,1H3,(H,25,26,28)/t10?,13-,14?/m1/s1. The highest BCUT2D eigenvalue weighted by Crippen LogP contribution is 2.42. The maximum Gasteiger partial charge on any atom is 0.418 e. The van der Waals surface area contributed by atoms with E-state index in [1.807, 2.05) is 0 Å². The third-order valence-corrected chi connectivity index (χ3v) is 5.37. The summed E-state index contributed by atoms with van der Waals surface area (Å²) in [4.78, 5) is 21.7. The molecule has 0 spiro atoms. The van der Waals surface area contributed by atoms with Crippen LogP contribution in [-0.4, -0.2) is 33.0 Å². The van der Waals surface area contributed by atoms with Gasteiger partial charge in [-0.3, -0.25) is 10.3 Å². The highest BCUT2D eigenvalue weighted by Gasteiger charge is 2.46. The first-order chi connectivity index (χ1) is 13.2. The number of carbonyl (C=O) groups excluding carboxylic acids is 1. The second-order valence-corrected chi connectivity index (χ2v) is 7.46. The number of piperidine rings is 1. The van der Waals surface area contributed by atoms with E-state index in [1.54, 1.807) is 4.90 Å². The number of pyridine rings is 2. The number of carbonyl (C=O) groups is 1. The van der Waals surface area contributed by atoms with E-state index in [0.29, 0.717) is 12.1 Å². The molecule has 3 aliphatic rings. The van der Waals surface area contributed by atoms with E-state index in [1.165, 1.54) is 0 Å². The number of nitrogens with one attached hydrogen (secondary N) is 1. The average Bonchev–Trinajstić information content (AvgIpc) is 2.60. The third kappa shape index (κ3) is 3.41. The number of hydrogen-bond donors (Lipinski definition) is 1. The van der Waals surface area contributed by atoms with Crippen molar-refractivity contribution in [2.45, 2.75) is 44.4 Å². The summed E-state index contributed by atoms with van der Waals surface area (Å²) in [5, 5.41) is 2.59. The summed E-state index contributed by atoms with van der Waals surface area (Å²) in [5.41, 5.74) is -1.35. The van der Waals surface area contributed by atoms with Crippen molar-refractivity contribution in [3.63, 3.8) is 0 Å². The number of nitrogens with zero attached hydrogens (tertiary/aromatic N) is 3. The number of alkyl halides is 3. The van der Waals surface area contributed by atoms with Crippen molar-refractivity contribution in [1.82, 2.24) is 14.9 Å². The number of amides is 2. The molecule has 2 unspecified atom stereocenters. The minimum Gasteiger partial charge on any atom is -0.318 e. The molecule has 5 rings (SSSR count). The molecule has 148 valence electrons. The van der Waals surface area contributed by atoms with Crippen molar-refractivity contribution in [3.05, 3.63) is 42.1 Å². The zero-order valence-electron chi connectivity index (χ0n) is 15.0. The van der Waals surface area contributed by atoms with Crippen LogP contribution >= 0.6 is 0 Å². The van der Waals surface area contributed by atoms with E-state index in [9.17, 15) is 22.4 Å². The van der Waals surface area contributed by atoms with Gasteiger partial charge >= 0.3 is 12.2 Å². The normalized spacial score (nSPS) is 23.9. The van der Waals surface area contributed by atoms with Crippen molar-refractivity contribution in [2.24, 2.45) is 5.92 Å². The molecule has 9 heteroatoms. The second-order valence-electron chi connectivity index (χ2n) is 7.46. The maximum absolute atomic E-state index is 13.5. The third-order valence-electron chi connectivity index (χ3n) is 5.37. The molecule has 0 radical (unpaired) electrons. The van der Waals surface area contributed by atoms with Crippen LogP contribution in [0.2, 0.25) is 0 Å². The fourth-order valence-corrected chi connectivity index (χ4v) is 4.20. The van der Waals surface area contributed by atoms with Gasteiger partial charge in [-0.05, 0) is 37.3 Å². The van der Waals surface area contributed by atoms with Gasteiger partial charge in [0.2, 0.25) is 0 Å². The van der Waals surface area contributed by atoms with Gasteiger partial charge in [0.05, 0.1) is 11.8 Å². The van der Waals surface area contributed by atoms with E-state index >= 15 is 0 Å². The zero-order valence-corrected chi connectivity index (χ0v) is 15.0. The fourth-order valence-electron chi connectivity index (χ4n) is 4.20. The van der Waals surface area contributed by atoms with Crippen LogP contribution in [-0.2, 0) is 6.18 Å². The molecule has 28 heavy (non-hydrogen) atoms. The summed E-state index contributed by atoms with van der Waals surface area (Å²) in [6.45, 7) is 2.14. The van der Waals surface area contributed by atoms with Crippen LogP contribution in [0.4, 0.5) is 28.2 Å². The van der Waals surface area contributed by atoms with Gasteiger partial charge in [0.1, 0.15) is 11.6 Å². The van der Waals surface area contributed by atoms with E-state index in [4.69, 9.17) is 0 Å².